The topological polar surface area (TPSA) is 36.4 Å². The van der Waals surface area contributed by atoms with Crippen molar-refractivity contribution in [3.8, 4) is 0 Å². The molecule has 3 nitrogen and oxygen atoms in total. The minimum Gasteiger partial charge on any atom is -0.393 e. The van der Waals surface area contributed by atoms with Gasteiger partial charge in [-0.1, -0.05) is 12.8 Å². The first-order chi connectivity index (χ1) is 9.15. The molecule has 0 aliphatic carbocycles. The fraction of sp³-hybridized carbons (Fsp3) is 0.667. The van der Waals surface area contributed by atoms with Crippen molar-refractivity contribution in [3.05, 3.63) is 28.5 Å². The second-order valence-electron chi connectivity index (χ2n) is 5.53. The van der Waals surface area contributed by atoms with Gasteiger partial charge in [0, 0.05) is 23.3 Å². The predicted octanol–water partition coefficient (Wildman–Crippen LogP) is 3.36. The maximum Gasteiger partial charge on any atom is 0.0544 e. The lowest BCUT2D eigenvalue weighted by molar-refractivity contribution is 0.107. The Kier molecular flexibility index (Phi) is 5.79. The number of halogens is 1. The highest BCUT2D eigenvalue weighted by Gasteiger charge is 2.22. The molecule has 1 N–H and O–H groups in total. The first-order valence-electron chi connectivity index (χ1n) is 7.17. The Hall–Kier alpha value is -0.450. The van der Waals surface area contributed by atoms with Gasteiger partial charge in [-0.2, -0.15) is 0 Å². The highest BCUT2D eigenvalue weighted by molar-refractivity contribution is 9.10. The Bertz CT molecular complexity index is 380. The van der Waals surface area contributed by atoms with Crippen LogP contribution in [0.25, 0.3) is 0 Å². The molecule has 0 bridgehead atoms. The van der Waals surface area contributed by atoms with Crippen molar-refractivity contribution in [1.82, 2.24) is 9.88 Å². The van der Waals surface area contributed by atoms with E-state index in [0.717, 1.165) is 29.7 Å². The lowest BCUT2D eigenvalue weighted by Crippen LogP contribution is -2.36. The van der Waals surface area contributed by atoms with Gasteiger partial charge in [0.05, 0.1) is 11.8 Å². The van der Waals surface area contributed by atoms with Crippen LogP contribution in [-0.2, 0) is 6.54 Å². The molecule has 19 heavy (non-hydrogen) atoms. The first kappa shape index (κ1) is 14.9. The summed E-state index contributed by atoms with van der Waals surface area (Å²) in [6.07, 6.45) is 7.55. The molecule has 0 radical (unpaired) electrons. The molecule has 2 heterocycles. The van der Waals surface area contributed by atoms with Gasteiger partial charge in [-0.25, -0.2) is 0 Å². The number of hydrogen-bond acceptors (Lipinski definition) is 3. The molecule has 106 valence electrons. The third kappa shape index (κ3) is 4.86. The molecule has 1 aliphatic rings. The van der Waals surface area contributed by atoms with E-state index in [1.54, 1.807) is 0 Å². The molecule has 1 saturated heterocycles. The average Bonchev–Trinajstić information content (AvgIpc) is 2.58. The molecule has 2 atom stereocenters. The summed E-state index contributed by atoms with van der Waals surface area (Å²) in [6.45, 7) is 3.90. The summed E-state index contributed by atoms with van der Waals surface area (Å²) in [7, 11) is 0. The highest BCUT2D eigenvalue weighted by atomic mass is 79.9. The molecule has 2 rings (SSSR count). The van der Waals surface area contributed by atoms with Crippen molar-refractivity contribution in [2.75, 3.05) is 6.54 Å². The highest BCUT2D eigenvalue weighted by Crippen LogP contribution is 2.22. The zero-order valence-corrected chi connectivity index (χ0v) is 13.1. The van der Waals surface area contributed by atoms with Crippen LogP contribution in [0, 0.1) is 0 Å². The summed E-state index contributed by atoms with van der Waals surface area (Å²) >= 11 is 3.42. The predicted molar refractivity (Wildman–Crippen MR) is 80.9 cm³/mol. The first-order valence-corrected chi connectivity index (χ1v) is 7.97. The quantitative estimate of drug-likeness (QED) is 0.921. The Morgan fingerprint density at radius 1 is 1.42 bits per heavy atom. The van der Waals surface area contributed by atoms with E-state index in [0.29, 0.717) is 6.04 Å². The van der Waals surface area contributed by atoms with Gasteiger partial charge in [0.2, 0.25) is 0 Å². The van der Waals surface area contributed by atoms with Crippen LogP contribution in [0.2, 0.25) is 0 Å². The standard InChI is InChI=1S/C15H23BrN2O/c1-12(19)9-15-5-3-2-4-8-18(15)11-14-7-6-13(16)10-17-14/h6-7,10,12,15,19H,2-5,8-9,11H2,1H3. The van der Waals surface area contributed by atoms with Gasteiger partial charge in [0.15, 0.2) is 0 Å². The van der Waals surface area contributed by atoms with Crippen molar-refractivity contribution in [2.45, 2.75) is 57.7 Å². The van der Waals surface area contributed by atoms with Crippen LogP contribution in [0.3, 0.4) is 0 Å². The largest absolute Gasteiger partial charge is 0.393 e. The van der Waals surface area contributed by atoms with Crippen LogP contribution in [0.1, 0.15) is 44.7 Å². The maximum absolute atomic E-state index is 9.67. The van der Waals surface area contributed by atoms with Gasteiger partial charge >= 0.3 is 0 Å². The number of hydrogen-bond donors (Lipinski definition) is 1. The van der Waals surface area contributed by atoms with Crippen LogP contribution in [0.5, 0.6) is 0 Å². The number of nitrogens with zero attached hydrogens (tertiary/aromatic N) is 2. The monoisotopic (exact) mass is 326 g/mol. The van der Waals surface area contributed by atoms with Crippen LogP contribution in [0.15, 0.2) is 22.8 Å². The van der Waals surface area contributed by atoms with Crippen molar-refractivity contribution >= 4 is 15.9 Å². The zero-order chi connectivity index (χ0) is 13.7. The molecule has 2 unspecified atom stereocenters. The molecule has 1 aromatic rings. The molecular weight excluding hydrogens is 304 g/mol. The van der Waals surface area contributed by atoms with E-state index in [2.05, 4.69) is 31.9 Å². The second kappa shape index (κ2) is 7.36. The molecule has 0 amide bonds. The fourth-order valence-corrected chi connectivity index (χ4v) is 3.05. The Balaban J connectivity index is 2.02. The molecular formula is C15H23BrN2O. The fourth-order valence-electron chi connectivity index (χ4n) is 2.81. The Morgan fingerprint density at radius 2 is 2.26 bits per heavy atom. The number of aromatic nitrogens is 1. The molecule has 0 saturated carbocycles. The van der Waals surface area contributed by atoms with Crippen LogP contribution in [-0.4, -0.2) is 33.7 Å². The maximum atomic E-state index is 9.67. The van der Waals surface area contributed by atoms with E-state index in [1.165, 1.54) is 25.7 Å². The molecule has 1 aliphatic heterocycles. The minimum atomic E-state index is -0.219. The zero-order valence-electron chi connectivity index (χ0n) is 11.6. The number of rotatable bonds is 4. The Labute approximate surface area is 124 Å². The van der Waals surface area contributed by atoms with E-state index < -0.39 is 0 Å². The van der Waals surface area contributed by atoms with Crippen LogP contribution < -0.4 is 0 Å². The molecule has 0 spiro atoms. The summed E-state index contributed by atoms with van der Waals surface area (Å²) in [5.41, 5.74) is 1.11. The molecule has 4 heteroatoms. The number of pyridine rings is 1. The van der Waals surface area contributed by atoms with E-state index >= 15 is 0 Å². The summed E-state index contributed by atoms with van der Waals surface area (Å²) < 4.78 is 1.02. The van der Waals surface area contributed by atoms with Gasteiger partial charge in [-0.15, -0.1) is 0 Å². The van der Waals surface area contributed by atoms with Crippen molar-refractivity contribution < 1.29 is 5.11 Å². The van der Waals surface area contributed by atoms with E-state index in [4.69, 9.17) is 0 Å². The number of aliphatic hydroxyl groups excluding tert-OH is 1. The van der Waals surface area contributed by atoms with Gasteiger partial charge in [-0.3, -0.25) is 9.88 Å². The normalized spacial score (nSPS) is 23.0. The minimum absolute atomic E-state index is 0.219. The van der Waals surface area contributed by atoms with Gasteiger partial charge < -0.3 is 5.11 Å². The summed E-state index contributed by atoms with van der Waals surface area (Å²) in [4.78, 5) is 6.96. The number of aliphatic hydroxyl groups is 1. The Morgan fingerprint density at radius 3 is 2.95 bits per heavy atom. The van der Waals surface area contributed by atoms with E-state index in [1.807, 2.05) is 19.2 Å². The van der Waals surface area contributed by atoms with Crippen LogP contribution in [0.4, 0.5) is 0 Å². The van der Waals surface area contributed by atoms with E-state index in [-0.39, 0.29) is 6.10 Å². The summed E-state index contributed by atoms with van der Waals surface area (Å²) in [6, 6.07) is 4.62. The summed E-state index contributed by atoms with van der Waals surface area (Å²) in [5, 5.41) is 9.67. The SMILES string of the molecule is CC(O)CC1CCCCCN1Cc1ccc(Br)cn1. The third-order valence-electron chi connectivity index (χ3n) is 3.77. The lowest BCUT2D eigenvalue weighted by atomic mass is 10.0. The third-order valence-corrected chi connectivity index (χ3v) is 4.24. The van der Waals surface area contributed by atoms with Crippen molar-refractivity contribution in [3.63, 3.8) is 0 Å². The van der Waals surface area contributed by atoms with Gasteiger partial charge in [0.25, 0.3) is 0 Å². The van der Waals surface area contributed by atoms with Crippen molar-refractivity contribution in [2.24, 2.45) is 0 Å². The van der Waals surface area contributed by atoms with E-state index in [9.17, 15) is 5.11 Å². The molecule has 1 fully saturated rings. The average molecular weight is 327 g/mol. The smallest absolute Gasteiger partial charge is 0.0544 e. The summed E-state index contributed by atoms with van der Waals surface area (Å²) in [5.74, 6) is 0. The van der Waals surface area contributed by atoms with Gasteiger partial charge in [-0.05, 0) is 60.8 Å². The second-order valence-corrected chi connectivity index (χ2v) is 6.44. The van der Waals surface area contributed by atoms with Gasteiger partial charge in [0.1, 0.15) is 0 Å². The molecule has 0 aromatic carbocycles. The van der Waals surface area contributed by atoms with Crippen LogP contribution >= 0.6 is 15.9 Å². The molecule has 1 aromatic heterocycles. The number of likely N-dealkylation sites (tertiary alicyclic amines) is 1. The lowest BCUT2D eigenvalue weighted by Gasteiger charge is -2.30. The van der Waals surface area contributed by atoms with Crippen molar-refractivity contribution in [1.29, 1.82) is 0 Å².